The number of nitrogen functional groups attached to an aromatic ring is 2. The number of nitrogens with one attached hydrogen (secondary N) is 1. The van der Waals surface area contributed by atoms with Crippen molar-refractivity contribution in [2.24, 2.45) is 5.41 Å². The van der Waals surface area contributed by atoms with Crippen molar-refractivity contribution >= 4 is 17.6 Å². The second-order valence-electron chi connectivity index (χ2n) is 5.29. The lowest BCUT2D eigenvalue weighted by Gasteiger charge is -2.28. The molecular formula is C11H22N6. The molecule has 1 aromatic heterocycles. The van der Waals surface area contributed by atoms with Crippen molar-refractivity contribution in [1.82, 2.24) is 14.9 Å². The first-order valence-corrected chi connectivity index (χ1v) is 5.57. The lowest BCUT2D eigenvalue weighted by atomic mass is 9.93. The summed E-state index contributed by atoms with van der Waals surface area (Å²) in [6.45, 7) is 6.15. The third kappa shape index (κ3) is 4.86. The fraction of sp³-hybridized carbons (Fsp3) is 0.636. The first-order valence-electron chi connectivity index (χ1n) is 5.57. The molecule has 0 fully saturated rings. The highest BCUT2D eigenvalue weighted by atomic mass is 15.1. The highest BCUT2D eigenvalue weighted by molar-refractivity contribution is 5.48. The monoisotopic (exact) mass is 238 g/mol. The second-order valence-corrected chi connectivity index (χ2v) is 5.29. The Bertz CT molecular complexity index is 354. The minimum absolute atomic E-state index is 0.137. The molecule has 96 valence electrons. The molecule has 1 rings (SSSR count). The average molecular weight is 238 g/mol. The average Bonchev–Trinajstić information content (AvgIpc) is 2.11. The van der Waals surface area contributed by atoms with E-state index in [0.717, 1.165) is 13.1 Å². The lowest BCUT2D eigenvalue weighted by molar-refractivity contribution is 0.254. The van der Waals surface area contributed by atoms with Crippen LogP contribution < -0.4 is 16.8 Å². The number of hydrogen-bond donors (Lipinski definition) is 3. The molecule has 0 aromatic carbocycles. The van der Waals surface area contributed by atoms with E-state index < -0.39 is 0 Å². The van der Waals surface area contributed by atoms with Gasteiger partial charge in [0.05, 0.1) is 0 Å². The maximum absolute atomic E-state index is 5.60. The Balaban J connectivity index is 2.60. The van der Waals surface area contributed by atoms with E-state index in [2.05, 4.69) is 48.1 Å². The van der Waals surface area contributed by atoms with Crippen LogP contribution in [0.4, 0.5) is 17.6 Å². The number of nitrogens with zero attached hydrogens (tertiary/aromatic N) is 3. The van der Waals surface area contributed by atoms with Gasteiger partial charge >= 0.3 is 0 Å². The van der Waals surface area contributed by atoms with Crippen molar-refractivity contribution in [2.75, 3.05) is 44.0 Å². The molecule has 0 aliphatic rings. The molecule has 1 heterocycles. The van der Waals surface area contributed by atoms with Crippen molar-refractivity contribution in [3.63, 3.8) is 0 Å². The Labute approximate surface area is 102 Å². The summed E-state index contributed by atoms with van der Waals surface area (Å²) >= 11 is 0. The molecule has 0 atom stereocenters. The number of nitrogens with two attached hydrogens (primary N) is 2. The van der Waals surface area contributed by atoms with Crippen molar-refractivity contribution in [1.29, 1.82) is 0 Å². The highest BCUT2D eigenvalue weighted by Crippen LogP contribution is 2.17. The van der Waals surface area contributed by atoms with Crippen molar-refractivity contribution in [3.05, 3.63) is 6.07 Å². The SMILES string of the molecule is CN(C)CC(C)(C)CNc1cc(N)nc(N)n1. The third-order valence-electron chi connectivity index (χ3n) is 2.26. The van der Waals surface area contributed by atoms with Gasteiger partial charge in [-0.05, 0) is 19.5 Å². The Morgan fingerprint density at radius 1 is 1.29 bits per heavy atom. The van der Waals surface area contributed by atoms with Gasteiger partial charge in [0.15, 0.2) is 0 Å². The zero-order chi connectivity index (χ0) is 13.1. The van der Waals surface area contributed by atoms with E-state index in [9.17, 15) is 0 Å². The van der Waals surface area contributed by atoms with Crippen molar-refractivity contribution in [3.8, 4) is 0 Å². The fourth-order valence-electron chi connectivity index (χ4n) is 1.82. The summed E-state index contributed by atoms with van der Waals surface area (Å²) in [5.74, 6) is 1.24. The second kappa shape index (κ2) is 5.18. The molecule has 0 aliphatic carbocycles. The molecule has 0 bridgehead atoms. The van der Waals surface area contributed by atoms with Crippen LogP contribution in [0.1, 0.15) is 13.8 Å². The van der Waals surface area contributed by atoms with Crippen LogP contribution in [-0.2, 0) is 0 Å². The number of aromatic nitrogens is 2. The van der Waals surface area contributed by atoms with E-state index in [1.54, 1.807) is 6.07 Å². The van der Waals surface area contributed by atoms with Gasteiger partial charge in [-0.25, -0.2) is 0 Å². The minimum atomic E-state index is 0.137. The summed E-state index contributed by atoms with van der Waals surface area (Å²) in [6, 6.07) is 1.68. The zero-order valence-corrected chi connectivity index (χ0v) is 11.0. The summed E-state index contributed by atoms with van der Waals surface area (Å²) in [5.41, 5.74) is 11.3. The van der Waals surface area contributed by atoms with Crippen molar-refractivity contribution < 1.29 is 0 Å². The first kappa shape index (κ1) is 13.5. The molecule has 0 aliphatic heterocycles. The summed E-state index contributed by atoms with van der Waals surface area (Å²) < 4.78 is 0. The smallest absolute Gasteiger partial charge is 0.223 e. The molecule has 0 radical (unpaired) electrons. The molecule has 5 N–H and O–H groups in total. The van der Waals surface area contributed by atoms with Crippen LogP contribution in [0.3, 0.4) is 0 Å². The van der Waals surface area contributed by atoms with Crippen LogP contribution in [0.15, 0.2) is 6.07 Å². The van der Waals surface area contributed by atoms with Crippen LogP contribution in [-0.4, -0.2) is 42.1 Å². The lowest BCUT2D eigenvalue weighted by Crippen LogP contribution is -2.34. The minimum Gasteiger partial charge on any atom is -0.383 e. The topological polar surface area (TPSA) is 93.1 Å². The van der Waals surface area contributed by atoms with Gasteiger partial charge in [0.25, 0.3) is 0 Å². The van der Waals surface area contributed by atoms with E-state index >= 15 is 0 Å². The van der Waals surface area contributed by atoms with Crippen LogP contribution in [0.2, 0.25) is 0 Å². The fourth-order valence-corrected chi connectivity index (χ4v) is 1.82. The molecule has 6 nitrogen and oxygen atoms in total. The third-order valence-corrected chi connectivity index (χ3v) is 2.26. The summed E-state index contributed by atoms with van der Waals surface area (Å²) in [5, 5.41) is 3.23. The predicted molar refractivity (Wildman–Crippen MR) is 71.7 cm³/mol. The van der Waals surface area contributed by atoms with Gasteiger partial charge in [0.1, 0.15) is 11.6 Å². The molecule has 0 amide bonds. The van der Waals surface area contributed by atoms with Gasteiger partial charge < -0.3 is 21.7 Å². The quantitative estimate of drug-likeness (QED) is 0.697. The Morgan fingerprint density at radius 3 is 2.47 bits per heavy atom. The summed E-state index contributed by atoms with van der Waals surface area (Å²) in [4.78, 5) is 10.1. The van der Waals surface area contributed by atoms with E-state index in [4.69, 9.17) is 11.5 Å². The van der Waals surface area contributed by atoms with Crippen LogP contribution in [0.25, 0.3) is 0 Å². The molecule has 17 heavy (non-hydrogen) atoms. The summed E-state index contributed by atoms with van der Waals surface area (Å²) in [6.07, 6.45) is 0. The molecule has 0 saturated carbocycles. The van der Waals surface area contributed by atoms with Gasteiger partial charge in [0.2, 0.25) is 5.95 Å². The van der Waals surface area contributed by atoms with Crippen LogP contribution in [0.5, 0.6) is 0 Å². The number of rotatable bonds is 5. The van der Waals surface area contributed by atoms with Crippen LogP contribution in [0, 0.1) is 5.41 Å². The van der Waals surface area contributed by atoms with Gasteiger partial charge in [-0.1, -0.05) is 13.8 Å². The zero-order valence-electron chi connectivity index (χ0n) is 11.0. The van der Waals surface area contributed by atoms with Gasteiger partial charge in [-0.3, -0.25) is 0 Å². The molecule has 0 spiro atoms. The molecule has 0 unspecified atom stereocenters. The molecule has 6 heteroatoms. The highest BCUT2D eigenvalue weighted by Gasteiger charge is 2.18. The summed E-state index contributed by atoms with van der Waals surface area (Å²) in [7, 11) is 4.12. The molecule has 0 saturated heterocycles. The van der Waals surface area contributed by atoms with E-state index in [1.165, 1.54) is 0 Å². The van der Waals surface area contributed by atoms with E-state index in [0.29, 0.717) is 11.6 Å². The van der Waals surface area contributed by atoms with Gasteiger partial charge in [-0.2, -0.15) is 9.97 Å². The Morgan fingerprint density at radius 2 is 1.94 bits per heavy atom. The van der Waals surface area contributed by atoms with Gasteiger partial charge in [-0.15, -0.1) is 0 Å². The van der Waals surface area contributed by atoms with E-state index in [-0.39, 0.29) is 11.4 Å². The Kier molecular flexibility index (Phi) is 4.11. The Hall–Kier alpha value is -1.56. The van der Waals surface area contributed by atoms with E-state index in [1.807, 2.05) is 0 Å². The van der Waals surface area contributed by atoms with Crippen LogP contribution >= 0.6 is 0 Å². The van der Waals surface area contributed by atoms with Crippen molar-refractivity contribution in [2.45, 2.75) is 13.8 Å². The number of anilines is 3. The maximum Gasteiger partial charge on any atom is 0.223 e. The molecular weight excluding hydrogens is 216 g/mol. The maximum atomic E-state index is 5.60. The first-order chi connectivity index (χ1) is 7.78. The normalized spacial score (nSPS) is 11.8. The van der Waals surface area contributed by atoms with Gasteiger partial charge in [0, 0.05) is 19.2 Å². The molecule has 1 aromatic rings. The largest absolute Gasteiger partial charge is 0.383 e. The number of hydrogen-bond acceptors (Lipinski definition) is 6. The standard InChI is InChI=1S/C11H22N6/c1-11(2,7-17(3)4)6-14-9-5-8(12)15-10(13)16-9/h5H,6-7H2,1-4H3,(H5,12,13,14,15,16). The predicted octanol–water partition coefficient (Wildman–Crippen LogP) is 0.641.